The van der Waals surface area contributed by atoms with Gasteiger partial charge in [0.15, 0.2) is 0 Å². The predicted octanol–water partition coefficient (Wildman–Crippen LogP) is 2.47. The van der Waals surface area contributed by atoms with Gasteiger partial charge in [0, 0.05) is 35.7 Å². The predicted molar refractivity (Wildman–Crippen MR) is 72.9 cm³/mol. The fourth-order valence-corrected chi connectivity index (χ4v) is 4.61. The van der Waals surface area contributed by atoms with Crippen LogP contribution in [-0.2, 0) is 0 Å². The van der Waals surface area contributed by atoms with Crippen LogP contribution in [0.1, 0.15) is 46.0 Å². The van der Waals surface area contributed by atoms with E-state index in [1.165, 1.54) is 45.2 Å². The van der Waals surface area contributed by atoms with Crippen LogP contribution in [0, 0.1) is 0 Å². The zero-order valence-electron chi connectivity index (χ0n) is 10.7. The molecule has 16 heavy (non-hydrogen) atoms. The van der Waals surface area contributed by atoms with Gasteiger partial charge in [0.2, 0.25) is 0 Å². The van der Waals surface area contributed by atoms with Gasteiger partial charge in [-0.3, -0.25) is 4.90 Å². The molecule has 0 radical (unpaired) electrons. The minimum atomic E-state index is 0.421. The lowest BCUT2D eigenvalue weighted by Gasteiger charge is -2.41. The van der Waals surface area contributed by atoms with Crippen molar-refractivity contribution in [2.45, 2.75) is 68.5 Å². The van der Waals surface area contributed by atoms with Crippen molar-refractivity contribution in [3.05, 3.63) is 0 Å². The van der Waals surface area contributed by atoms with Crippen LogP contribution in [0.5, 0.6) is 0 Å². The van der Waals surface area contributed by atoms with Crippen LogP contribution in [0.15, 0.2) is 0 Å². The second-order valence-electron chi connectivity index (χ2n) is 5.58. The Kier molecular flexibility index (Phi) is 4.57. The topological polar surface area (TPSA) is 29.3 Å². The van der Waals surface area contributed by atoms with Gasteiger partial charge in [-0.2, -0.15) is 11.8 Å². The van der Waals surface area contributed by atoms with Crippen LogP contribution in [0.3, 0.4) is 0 Å². The summed E-state index contributed by atoms with van der Waals surface area (Å²) in [4.78, 5) is 2.68. The van der Waals surface area contributed by atoms with E-state index >= 15 is 0 Å². The van der Waals surface area contributed by atoms with E-state index in [1.54, 1.807) is 0 Å². The first-order valence-electron chi connectivity index (χ1n) is 6.82. The summed E-state index contributed by atoms with van der Waals surface area (Å²) in [5.74, 6) is 0. The first-order chi connectivity index (χ1) is 7.66. The van der Waals surface area contributed by atoms with Crippen LogP contribution in [-0.4, -0.2) is 40.6 Å². The van der Waals surface area contributed by atoms with Gasteiger partial charge in [0.05, 0.1) is 0 Å². The molecule has 4 unspecified atom stereocenters. The highest BCUT2D eigenvalue weighted by Gasteiger charge is 2.31. The summed E-state index contributed by atoms with van der Waals surface area (Å²) in [5.41, 5.74) is 6.35. The Balaban J connectivity index is 1.98. The van der Waals surface area contributed by atoms with Gasteiger partial charge in [0.1, 0.15) is 0 Å². The summed E-state index contributed by atoms with van der Waals surface area (Å²) in [6.07, 6.45) is 6.66. The lowest BCUT2D eigenvalue weighted by molar-refractivity contribution is 0.160. The van der Waals surface area contributed by atoms with Gasteiger partial charge in [-0.05, 0) is 12.8 Å². The molecule has 0 spiro atoms. The number of thioether (sulfide) groups is 1. The van der Waals surface area contributed by atoms with Gasteiger partial charge < -0.3 is 5.73 Å². The molecule has 2 aliphatic rings. The van der Waals surface area contributed by atoms with E-state index in [4.69, 9.17) is 5.73 Å². The fraction of sp³-hybridized carbons (Fsp3) is 1.00. The Bertz CT molecular complexity index is 212. The third-order valence-electron chi connectivity index (χ3n) is 3.95. The smallest absolute Gasteiger partial charge is 0.0248 e. The molecule has 0 aromatic carbocycles. The maximum atomic E-state index is 6.35. The molecule has 1 aliphatic heterocycles. The van der Waals surface area contributed by atoms with E-state index in [9.17, 15) is 0 Å². The summed E-state index contributed by atoms with van der Waals surface area (Å²) in [6, 6.07) is 1.08. The van der Waals surface area contributed by atoms with Crippen molar-refractivity contribution in [1.82, 2.24) is 4.90 Å². The van der Waals surface area contributed by atoms with Crippen molar-refractivity contribution in [1.29, 1.82) is 0 Å². The molecule has 2 nitrogen and oxygen atoms in total. The molecule has 0 amide bonds. The maximum absolute atomic E-state index is 6.35. The Morgan fingerprint density at radius 1 is 1.00 bits per heavy atom. The van der Waals surface area contributed by atoms with Crippen LogP contribution in [0.2, 0.25) is 0 Å². The van der Waals surface area contributed by atoms with Gasteiger partial charge >= 0.3 is 0 Å². The highest BCUT2D eigenvalue weighted by molar-refractivity contribution is 8.00. The van der Waals surface area contributed by atoms with Crippen molar-refractivity contribution < 1.29 is 0 Å². The second-order valence-corrected chi connectivity index (χ2v) is 7.46. The molecule has 0 aromatic rings. The minimum Gasteiger partial charge on any atom is -0.326 e. The zero-order chi connectivity index (χ0) is 11.5. The fourth-order valence-electron chi connectivity index (χ4n) is 3.26. The average Bonchev–Trinajstić information content (AvgIpc) is 2.41. The van der Waals surface area contributed by atoms with E-state index in [0.29, 0.717) is 12.1 Å². The summed E-state index contributed by atoms with van der Waals surface area (Å²) in [5, 5.41) is 1.55. The monoisotopic (exact) mass is 242 g/mol. The minimum absolute atomic E-state index is 0.421. The summed E-state index contributed by atoms with van der Waals surface area (Å²) in [7, 11) is 0. The first kappa shape index (κ1) is 12.7. The van der Waals surface area contributed by atoms with E-state index < -0.39 is 0 Å². The molecule has 2 rings (SSSR count). The normalized spacial score (nSPS) is 42.9. The highest BCUT2D eigenvalue weighted by atomic mass is 32.2. The molecule has 2 N–H and O–H groups in total. The van der Waals surface area contributed by atoms with Crippen LogP contribution >= 0.6 is 11.8 Å². The van der Waals surface area contributed by atoms with Crippen molar-refractivity contribution in [3.8, 4) is 0 Å². The number of nitrogens with zero attached hydrogens (tertiary/aromatic N) is 1. The van der Waals surface area contributed by atoms with Crippen molar-refractivity contribution in [3.63, 3.8) is 0 Å². The van der Waals surface area contributed by atoms with E-state index in [1.807, 2.05) is 0 Å². The summed E-state index contributed by atoms with van der Waals surface area (Å²) < 4.78 is 0. The van der Waals surface area contributed by atoms with Crippen LogP contribution < -0.4 is 5.73 Å². The molecule has 4 atom stereocenters. The lowest BCUT2D eigenvalue weighted by atomic mass is 10.0. The molecule has 1 saturated heterocycles. The Morgan fingerprint density at radius 2 is 1.62 bits per heavy atom. The number of hydrogen-bond donors (Lipinski definition) is 1. The Hall–Kier alpha value is 0.270. The highest BCUT2D eigenvalue weighted by Crippen LogP contribution is 2.29. The van der Waals surface area contributed by atoms with Crippen molar-refractivity contribution >= 4 is 11.8 Å². The molecule has 1 saturated carbocycles. The van der Waals surface area contributed by atoms with Gasteiger partial charge in [0.25, 0.3) is 0 Å². The third kappa shape index (κ3) is 3.14. The van der Waals surface area contributed by atoms with Crippen molar-refractivity contribution in [2.75, 3.05) is 13.1 Å². The maximum Gasteiger partial charge on any atom is 0.0248 e. The summed E-state index contributed by atoms with van der Waals surface area (Å²) >= 11 is 2.13. The number of hydrogen-bond acceptors (Lipinski definition) is 3. The van der Waals surface area contributed by atoms with Gasteiger partial charge in [-0.25, -0.2) is 0 Å². The zero-order valence-corrected chi connectivity index (χ0v) is 11.5. The first-order valence-corrected chi connectivity index (χ1v) is 7.76. The molecule has 3 heteroatoms. The lowest BCUT2D eigenvalue weighted by Crippen LogP contribution is -2.53. The summed E-state index contributed by atoms with van der Waals surface area (Å²) in [6.45, 7) is 7.20. The quantitative estimate of drug-likeness (QED) is 0.716. The molecule has 1 aliphatic carbocycles. The molecule has 0 aromatic heterocycles. The molecule has 1 heterocycles. The number of nitrogens with two attached hydrogens (primary N) is 1. The standard InChI is InChI=1S/C13H26N2S/c1-10-8-15(9-11(2)16-10)13-7-5-3-4-6-12(13)14/h10-13H,3-9,14H2,1-2H3. The van der Waals surface area contributed by atoms with E-state index in [0.717, 1.165) is 10.5 Å². The molecule has 94 valence electrons. The number of rotatable bonds is 1. The molecule has 2 fully saturated rings. The third-order valence-corrected chi connectivity index (χ3v) is 5.18. The Labute approximate surface area is 104 Å². The van der Waals surface area contributed by atoms with Crippen LogP contribution in [0.4, 0.5) is 0 Å². The van der Waals surface area contributed by atoms with Crippen molar-refractivity contribution in [2.24, 2.45) is 5.73 Å². The Morgan fingerprint density at radius 3 is 2.31 bits per heavy atom. The van der Waals surface area contributed by atoms with Crippen LogP contribution in [0.25, 0.3) is 0 Å². The van der Waals surface area contributed by atoms with E-state index in [-0.39, 0.29) is 0 Å². The van der Waals surface area contributed by atoms with Gasteiger partial charge in [-0.15, -0.1) is 0 Å². The largest absolute Gasteiger partial charge is 0.326 e. The molecule has 0 bridgehead atoms. The molecular weight excluding hydrogens is 216 g/mol. The second kappa shape index (κ2) is 5.74. The average molecular weight is 242 g/mol. The van der Waals surface area contributed by atoms with E-state index in [2.05, 4.69) is 30.5 Å². The SMILES string of the molecule is CC1CN(C2CCCCCC2N)CC(C)S1. The molecular formula is C13H26N2S. The van der Waals surface area contributed by atoms with Gasteiger partial charge in [-0.1, -0.05) is 33.1 Å².